The molecule has 4 heteroatoms. The van der Waals surface area contributed by atoms with Crippen LogP contribution >= 0.6 is 0 Å². The second kappa shape index (κ2) is 6.22. The molecular formula is C11H18O4. The Labute approximate surface area is 90.2 Å². The van der Waals surface area contributed by atoms with Crippen LogP contribution in [0.3, 0.4) is 0 Å². The Kier molecular flexibility index (Phi) is 5.67. The van der Waals surface area contributed by atoms with Crippen LogP contribution in [-0.4, -0.2) is 18.5 Å². The summed E-state index contributed by atoms with van der Waals surface area (Å²) in [5, 5.41) is 0. The van der Waals surface area contributed by atoms with E-state index in [2.05, 4.69) is 4.74 Å². The van der Waals surface area contributed by atoms with Gasteiger partial charge in [-0.15, -0.1) is 0 Å². The highest BCUT2D eigenvalue weighted by atomic mass is 16.5. The fraction of sp³-hybridized carbons (Fsp3) is 0.636. The van der Waals surface area contributed by atoms with Gasteiger partial charge in [0.15, 0.2) is 0 Å². The molecule has 0 N–H and O–H groups in total. The lowest BCUT2D eigenvalue weighted by molar-refractivity contribution is -0.144. The molecule has 0 radical (unpaired) electrons. The summed E-state index contributed by atoms with van der Waals surface area (Å²) in [6, 6.07) is 0. The van der Waals surface area contributed by atoms with Gasteiger partial charge in [0.2, 0.25) is 0 Å². The third-order valence-corrected chi connectivity index (χ3v) is 1.66. The minimum Gasteiger partial charge on any atom is -0.466 e. The van der Waals surface area contributed by atoms with Gasteiger partial charge in [-0.25, -0.2) is 0 Å². The normalized spacial score (nSPS) is 11.5. The number of hydrogen-bond acceptors (Lipinski definition) is 4. The number of rotatable bonds is 5. The Balaban J connectivity index is 4.11. The Bertz CT molecular complexity index is 253. The van der Waals surface area contributed by atoms with Gasteiger partial charge in [-0.2, -0.15) is 0 Å². The van der Waals surface area contributed by atoms with Crippen LogP contribution in [0, 0.1) is 5.41 Å². The number of esters is 2. The molecule has 0 aromatic rings. The van der Waals surface area contributed by atoms with E-state index >= 15 is 0 Å². The average Bonchev–Trinajstić information content (AvgIpc) is 2.01. The standard InChI is InChI=1S/C11H18O4/c1-5-14-10(13)8-11(3,4)6-7-15-9(2)12/h6-7H,5,8H2,1-4H3. The van der Waals surface area contributed by atoms with E-state index in [0.717, 1.165) is 0 Å². The first-order valence-corrected chi connectivity index (χ1v) is 4.88. The van der Waals surface area contributed by atoms with Gasteiger partial charge in [-0.05, 0) is 18.4 Å². The van der Waals surface area contributed by atoms with Crippen molar-refractivity contribution in [1.29, 1.82) is 0 Å². The zero-order chi connectivity index (χ0) is 11.9. The van der Waals surface area contributed by atoms with Crippen LogP contribution in [0.1, 0.15) is 34.1 Å². The van der Waals surface area contributed by atoms with Crippen LogP contribution in [-0.2, 0) is 19.1 Å². The van der Waals surface area contributed by atoms with Crippen LogP contribution in [0.4, 0.5) is 0 Å². The van der Waals surface area contributed by atoms with E-state index in [-0.39, 0.29) is 23.8 Å². The van der Waals surface area contributed by atoms with Crippen molar-refractivity contribution < 1.29 is 19.1 Å². The Morgan fingerprint density at radius 1 is 1.33 bits per heavy atom. The molecule has 0 atom stereocenters. The number of allylic oxidation sites excluding steroid dienone is 1. The molecule has 0 spiro atoms. The maximum atomic E-state index is 11.2. The van der Waals surface area contributed by atoms with E-state index in [1.54, 1.807) is 13.0 Å². The van der Waals surface area contributed by atoms with E-state index in [0.29, 0.717) is 6.61 Å². The van der Waals surface area contributed by atoms with E-state index in [1.165, 1.54) is 13.2 Å². The predicted octanol–water partition coefficient (Wildman–Crippen LogP) is 2.04. The van der Waals surface area contributed by atoms with E-state index < -0.39 is 0 Å². The Hall–Kier alpha value is -1.32. The van der Waals surface area contributed by atoms with Crippen molar-refractivity contribution in [3.05, 3.63) is 12.3 Å². The molecule has 0 aromatic carbocycles. The van der Waals surface area contributed by atoms with Crippen molar-refractivity contribution in [2.75, 3.05) is 6.61 Å². The lowest BCUT2D eigenvalue weighted by Gasteiger charge is -2.18. The van der Waals surface area contributed by atoms with Crippen LogP contribution in [0.2, 0.25) is 0 Å². The summed E-state index contributed by atoms with van der Waals surface area (Å²) in [5.74, 6) is -0.631. The second-order valence-corrected chi connectivity index (χ2v) is 3.88. The largest absolute Gasteiger partial charge is 0.466 e. The molecule has 0 saturated carbocycles. The van der Waals surface area contributed by atoms with Gasteiger partial charge in [0.05, 0.1) is 19.3 Å². The van der Waals surface area contributed by atoms with Crippen molar-refractivity contribution in [3.8, 4) is 0 Å². The maximum Gasteiger partial charge on any atom is 0.307 e. The minimum absolute atomic E-state index is 0.255. The van der Waals surface area contributed by atoms with E-state index in [1.807, 2.05) is 13.8 Å². The summed E-state index contributed by atoms with van der Waals surface area (Å²) in [6.45, 7) is 7.19. The van der Waals surface area contributed by atoms with Crippen LogP contribution in [0.25, 0.3) is 0 Å². The molecule has 0 saturated heterocycles. The lowest BCUT2D eigenvalue weighted by atomic mass is 9.90. The first-order chi connectivity index (χ1) is 6.87. The maximum absolute atomic E-state index is 11.2. The van der Waals surface area contributed by atoms with Gasteiger partial charge >= 0.3 is 11.9 Å². The fourth-order valence-electron chi connectivity index (χ4n) is 0.957. The fourth-order valence-corrected chi connectivity index (χ4v) is 0.957. The predicted molar refractivity (Wildman–Crippen MR) is 55.9 cm³/mol. The quantitative estimate of drug-likeness (QED) is 0.519. The van der Waals surface area contributed by atoms with Gasteiger partial charge < -0.3 is 9.47 Å². The van der Waals surface area contributed by atoms with Crippen molar-refractivity contribution in [1.82, 2.24) is 0 Å². The SMILES string of the molecule is CCOC(=O)CC(C)(C)C=COC(C)=O. The molecule has 0 heterocycles. The smallest absolute Gasteiger partial charge is 0.307 e. The first kappa shape index (κ1) is 13.7. The molecule has 0 bridgehead atoms. The van der Waals surface area contributed by atoms with Gasteiger partial charge in [-0.3, -0.25) is 9.59 Å². The summed E-state index contributed by atoms with van der Waals surface area (Å²) >= 11 is 0. The second-order valence-electron chi connectivity index (χ2n) is 3.88. The topological polar surface area (TPSA) is 52.6 Å². The molecule has 0 fully saturated rings. The van der Waals surface area contributed by atoms with Crippen molar-refractivity contribution in [2.45, 2.75) is 34.1 Å². The average molecular weight is 214 g/mol. The zero-order valence-corrected chi connectivity index (χ0v) is 9.70. The zero-order valence-electron chi connectivity index (χ0n) is 9.70. The molecule has 86 valence electrons. The summed E-state index contributed by atoms with van der Waals surface area (Å²) in [7, 11) is 0. The number of carbonyl (C=O) groups is 2. The van der Waals surface area contributed by atoms with Gasteiger partial charge in [0.25, 0.3) is 0 Å². The first-order valence-electron chi connectivity index (χ1n) is 4.88. The minimum atomic E-state index is -0.377. The molecule has 15 heavy (non-hydrogen) atoms. The number of carbonyl (C=O) groups excluding carboxylic acids is 2. The summed E-state index contributed by atoms with van der Waals surface area (Å²) < 4.78 is 9.47. The Morgan fingerprint density at radius 3 is 2.40 bits per heavy atom. The third kappa shape index (κ3) is 7.73. The highest BCUT2D eigenvalue weighted by Gasteiger charge is 2.19. The summed E-state index contributed by atoms with van der Waals surface area (Å²) in [4.78, 5) is 21.7. The van der Waals surface area contributed by atoms with Crippen LogP contribution < -0.4 is 0 Å². The highest BCUT2D eigenvalue weighted by Crippen LogP contribution is 2.22. The molecule has 0 aliphatic heterocycles. The van der Waals surface area contributed by atoms with Crippen LogP contribution in [0.5, 0.6) is 0 Å². The Morgan fingerprint density at radius 2 is 1.93 bits per heavy atom. The summed E-state index contributed by atoms with van der Waals surface area (Å²) in [5.41, 5.74) is -0.373. The monoisotopic (exact) mass is 214 g/mol. The molecule has 0 aliphatic carbocycles. The molecule has 0 aliphatic rings. The summed E-state index contributed by atoms with van der Waals surface area (Å²) in [6.07, 6.45) is 3.24. The lowest BCUT2D eigenvalue weighted by Crippen LogP contribution is -2.16. The van der Waals surface area contributed by atoms with Crippen molar-refractivity contribution >= 4 is 11.9 Å². The van der Waals surface area contributed by atoms with E-state index in [4.69, 9.17) is 4.74 Å². The van der Waals surface area contributed by atoms with Gasteiger partial charge in [0, 0.05) is 6.92 Å². The third-order valence-electron chi connectivity index (χ3n) is 1.66. The van der Waals surface area contributed by atoms with Gasteiger partial charge in [-0.1, -0.05) is 13.8 Å². The molecular weight excluding hydrogens is 196 g/mol. The molecule has 0 amide bonds. The highest BCUT2D eigenvalue weighted by molar-refractivity contribution is 5.70. The molecule has 4 nitrogen and oxygen atoms in total. The van der Waals surface area contributed by atoms with Crippen LogP contribution in [0.15, 0.2) is 12.3 Å². The van der Waals surface area contributed by atoms with E-state index in [9.17, 15) is 9.59 Å². The van der Waals surface area contributed by atoms with Crippen molar-refractivity contribution in [2.24, 2.45) is 5.41 Å². The molecule has 0 unspecified atom stereocenters. The van der Waals surface area contributed by atoms with Crippen molar-refractivity contribution in [3.63, 3.8) is 0 Å². The van der Waals surface area contributed by atoms with Gasteiger partial charge in [0.1, 0.15) is 0 Å². The molecule has 0 aromatic heterocycles. The number of ether oxygens (including phenoxy) is 2. The molecule has 0 rings (SSSR count). The number of hydrogen-bond donors (Lipinski definition) is 0.